The van der Waals surface area contributed by atoms with Crippen LogP contribution in [0.5, 0.6) is 0 Å². The lowest BCUT2D eigenvalue weighted by Gasteiger charge is -2.09. The standard InChI is InChI=1S/C27H55NO/c1-3-5-7-9-11-13-15-17-19-21-23-25-27(28-29)26-24-22-20-18-16-14-12-10-8-6-4-2/h27H,3-26H2,1-2H3. The van der Waals surface area contributed by atoms with Crippen LogP contribution in [0.3, 0.4) is 0 Å². The summed E-state index contributed by atoms with van der Waals surface area (Å²) >= 11 is 0. The van der Waals surface area contributed by atoms with E-state index in [1.807, 2.05) is 0 Å². The number of unbranched alkanes of at least 4 members (excludes halogenated alkanes) is 20. The van der Waals surface area contributed by atoms with Gasteiger partial charge < -0.3 is 0 Å². The summed E-state index contributed by atoms with van der Waals surface area (Å²) in [6, 6.07) is 0.0899. The maximum absolute atomic E-state index is 11.1. The van der Waals surface area contributed by atoms with Crippen LogP contribution in [0.2, 0.25) is 0 Å². The molecule has 0 aromatic heterocycles. The van der Waals surface area contributed by atoms with Gasteiger partial charge in [-0.3, -0.25) is 0 Å². The van der Waals surface area contributed by atoms with Gasteiger partial charge in [-0.25, -0.2) is 0 Å². The molecule has 174 valence electrons. The lowest BCUT2D eigenvalue weighted by atomic mass is 10.00. The first kappa shape index (κ1) is 28.6. The van der Waals surface area contributed by atoms with Crippen LogP contribution in [0.4, 0.5) is 0 Å². The molecule has 0 heterocycles. The predicted octanol–water partition coefficient (Wildman–Crippen LogP) is 10.5. The van der Waals surface area contributed by atoms with Crippen molar-refractivity contribution in [3.05, 3.63) is 4.91 Å². The maximum atomic E-state index is 11.1. The smallest absolute Gasteiger partial charge is 0.0919 e. The van der Waals surface area contributed by atoms with Crippen molar-refractivity contribution in [1.29, 1.82) is 0 Å². The van der Waals surface area contributed by atoms with E-state index in [0.29, 0.717) is 0 Å². The Morgan fingerprint density at radius 1 is 0.414 bits per heavy atom. The molecule has 0 bridgehead atoms. The minimum atomic E-state index is 0.0899. The zero-order valence-corrected chi connectivity index (χ0v) is 20.4. The zero-order valence-electron chi connectivity index (χ0n) is 20.4. The molecule has 0 rings (SSSR count). The maximum Gasteiger partial charge on any atom is 0.0919 e. The fourth-order valence-corrected chi connectivity index (χ4v) is 4.34. The van der Waals surface area contributed by atoms with E-state index in [1.54, 1.807) is 0 Å². The molecule has 0 aliphatic heterocycles. The number of nitroso groups, excluding NO2 is 1. The van der Waals surface area contributed by atoms with Gasteiger partial charge in [0.2, 0.25) is 0 Å². The Kier molecular flexibility index (Phi) is 25.3. The highest BCUT2D eigenvalue weighted by Gasteiger charge is 2.08. The number of hydrogen-bond donors (Lipinski definition) is 0. The molecule has 2 nitrogen and oxygen atoms in total. The zero-order chi connectivity index (χ0) is 21.3. The number of hydrogen-bond acceptors (Lipinski definition) is 2. The average molecular weight is 410 g/mol. The van der Waals surface area contributed by atoms with Crippen molar-refractivity contribution in [2.75, 3.05) is 0 Å². The molecule has 0 aromatic rings. The minimum Gasteiger partial charge on any atom is -0.151 e. The summed E-state index contributed by atoms with van der Waals surface area (Å²) in [5.74, 6) is 0. The molecule has 2 heteroatoms. The molecule has 0 fully saturated rings. The Bertz CT molecular complexity index is 279. The molecular weight excluding hydrogens is 354 g/mol. The van der Waals surface area contributed by atoms with Crippen LogP contribution in [-0.4, -0.2) is 6.04 Å². The third-order valence-electron chi connectivity index (χ3n) is 6.43. The molecule has 0 aliphatic carbocycles. The Morgan fingerprint density at radius 2 is 0.655 bits per heavy atom. The number of nitrogens with zero attached hydrogens (tertiary/aromatic N) is 1. The molecule has 0 amide bonds. The van der Waals surface area contributed by atoms with Crippen LogP contribution >= 0.6 is 0 Å². The third-order valence-corrected chi connectivity index (χ3v) is 6.43. The fraction of sp³-hybridized carbons (Fsp3) is 1.00. The second-order valence-corrected chi connectivity index (χ2v) is 9.41. The summed E-state index contributed by atoms with van der Waals surface area (Å²) in [7, 11) is 0. The van der Waals surface area contributed by atoms with E-state index in [-0.39, 0.29) is 6.04 Å². The van der Waals surface area contributed by atoms with Crippen molar-refractivity contribution in [1.82, 2.24) is 0 Å². The van der Waals surface area contributed by atoms with Gasteiger partial charge in [0.1, 0.15) is 0 Å². The van der Waals surface area contributed by atoms with Crippen molar-refractivity contribution in [2.24, 2.45) is 5.18 Å². The van der Waals surface area contributed by atoms with Crippen molar-refractivity contribution >= 4 is 0 Å². The van der Waals surface area contributed by atoms with Crippen molar-refractivity contribution in [3.8, 4) is 0 Å². The van der Waals surface area contributed by atoms with Gasteiger partial charge >= 0.3 is 0 Å². The van der Waals surface area contributed by atoms with Gasteiger partial charge in [-0.1, -0.05) is 160 Å². The second kappa shape index (κ2) is 25.6. The summed E-state index contributed by atoms with van der Waals surface area (Å²) in [6.45, 7) is 4.56. The lowest BCUT2D eigenvalue weighted by Crippen LogP contribution is -2.03. The van der Waals surface area contributed by atoms with Gasteiger partial charge in [0, 0.05) is 0 Å². The summed E-state index contributed by atoms with van der Waals surface area (Å²) in [5, 5.41) is 3.40. The van der Waals surface area contributed by atoms with Crippen LogP contribution in [0.15, 0.2) is 5.18 Å². The van der Waals surface area contributed by atoms with E-state index in [1.165, 1.54) is 141 Å². The normalized spacial score (nSPS) is 11.4. The van der Waals surface area contributed by atoms with E-state index in [9.17, 15) is 4.91 Å². The summed E-state index contributed by atoms with van der Waals surface area (Å²) in [6.07, 6.45) is 32.2. The van der Waals surface area contributed by atoms with E-state index >= 15 is 0 Å². The quantitative estimate of drug-likeness (QED) is 0.109. The highest BCUT2D eigenvalue weighted by atomic mass is 16.3. The molecule has 0 N–H and O–H groups in total. The second-order valence-electron chi connectivity index (χ2n) is 9.41. The van der Waals surface area contributed by atoms with Gasteiger partial charge in [-0.05, 0) is 12.8 Å². The molecule has 29 heavy (non-hydrogen) atoms. The Labute approximate surface area is 184 Å². The van der Waals surface area contributed by atoms with Crippen LogP contribution in [-0.2, 0) is 0 Å². The molecule has 0 spiro atoms. The van der Waals surface area contributed by atoms with Gasteiger partial charge in [0.05, 0.1) is 6.04 Å². The van der Waals surface area contributed by atoms with Gasteiger partial charge in [-0.2, -0.15) is 4.91 Å². The van der Waals surface area contributed by atoms with Crippen molar-refractivity contribution in [3.63, 3.8) is 0 Å². The Balaban J connectivity index is 3.28. The average Bonchev–Trinajstić information content (AvgIpc) is 2.74. The van der Waals surface area contributed by atoms with Crippen LogP contribution in [0.25, 0.3) is 0 Å². The Morgan fingerprint density at radius 3 is 0.897 bits per heavy atom. The fourth-order valence-electron chi connectivity index (χ4n) is 4.34. The first-order valence-corrected chi connectivity index (χ1v) is 13.7. The SMILES string of the molecule is CCCCCCCCCCCCCC(CCCCCCCCCCCCC)N=O. The van der Waals surface area contributed by atoms with Crippen LogP contribution < -0.4 is 0 Å². The first-order valence-electron chi connectivity index (χ1n) is 13.7. The van der Waals surface area contributed by atoms with E-state index < -0.39 is 0 Å². The third kappa shape index (κ3) is 23.7. The van der Waals surface area contributed by atoms with Crippen molar-refractivity contribution < 1.29 is 0 Å². The largest absolute Gasteiger partial charge is 0.151 e. The molecular formula is C27H55NO. The molecule has 0 saturated carbocycles. The molecule has 0 aliphatic rings. The first-order chi connectivity index (χ1) is 14.3. The molecule has 0 aromatic carbocycles. The molecule has 0 unspecified atom stereocenters. The van der Waals surface area contributed by atoms with E-state index in [2.05, 4.69) is 19.0 Å². The van der Waals surface area contributed by atoms with Crippen LogP contribution in [0, 0.1) is 4.91 Å². The molecule has 0 saturated heterocycles. The monoisotopic (exact) mass is 409 g/mol. The summed E-state index contributed by atoms with van der Waals surface area (Å²) in [4.78, 5) is 11.1. The van der Waals surface area contributed by atoms with Gasteiger partial charge in [-0.15, -0.1) is 0 Å². The highest BCUT2D eigenvalue weighted by Crippen LogP contribution is 2.17. The summed E-state index contributed by atoms with van der Waals surface area (Å²) in [5.41, 5.74) is 0. The van der Waals surface area contributed by atoms with E-state index in [4.69, 9.17) is 0 Å². The van der Waals surface area contributed by atoms with Gasteiger partial charge in [0.25, 0.3) is 0 Å². The Hall–Kier alpha value is -0.400. The number of rotatable bonds is 25. The van der Waals surface area contributed by atoms with E-state index in [0.717, 1.165) is 12.8 Å². The lowest BCUT2D eigenvalue weighted by molar-refractivity contribution is 0.477. The van der Waals surface area contributed by atoms with Crippen molar-refractivity contribution in [2.45, 2.75) is 174 Å². The summed E-state index contributed by atoms with van der Waals surface area (Å²) < 4.78 is 0. The predicted molar refractivity (Wildman–Crippen MR) is 132 cm³/mol. The molecule has 0 radical (unpaired) electrons. The molecule has 0 atom stereocenters. The minimum absolute atomic E-state index is 0.0899. The van der Waals surface area contributed by atoms with Crippen LogP contribution in [0.1, 0.15) is 168 Å². The highest BCUT2D eigenvalue weighted by molar-refractivity contribution is 4.66. The topological polar surface area (TPSA) is 29.4 Å². The van der Waals surface area contributed by atoms with Gasteiger partial charge in [0.15, 0.2) is 0 Å².